The van der Waals surface area contributed by atoms with Crippen molar-refractivity contribution in [2.45, 2.75) is 40.2 Å². The number of hydrogen-bond donors (Lipinski definition) is 1. The van der Waals surface area contributed by atoms with E-state index in [0.29, 0.717) is 12.5 Å². The Morgan fingerprint density at radius 1 is 1.30 bits per heavy atom. The Kier molecular flexibility index (Phi) is 4.42. The van der Waals surface area contributed by atoms with E-state index in [1.165, 1.54) is 0 Å². The maximum atomic E-state index is 12.3. The van der Waals surface area contributed by atoms with E-state index >= 15 is 0 Å². The lowest BCUT2D eigenvalue weighted by atomic mass is 10.2. The highest BCUT2D eigenvalue weighted by Gasteiger charge is 2.20. The number of imidazole rings is 1. The lowest BCUT2D eigenvalue weighted by molar-refractivity contribution is -0.124. The van der Waals surface area contributed by atoms with Gasteiger partial charge in [-0.2, -0.15) is 0 Å². The quantitative estimate of drug-likeness (QED) is 0.910. The minimum Gasteiger partial charge on any atom is -0.354 e. The first-order valence-electron chi connectivity index (χ1n) is 7.28. The summed E-state index contributed by atoms with van der Waals surface area (Å²) in [4.78, 5) is 16.9. The van der Waals surface area contributed by atoms with Gasteiger partial charge in [0.2, 0.25) is 5.91 Å². The first-order chi connectivity index (χ1) is 9.54. The van der Waals surface area contributed by atoms with Crippen molar-refractivity contribution >= 4 is 16.9 Å². The Hall–Kier alpha value is -1.84. The minimum atomic E-state index is -0.240. The molecule has 1 amide bonds. The van der Waals surface area contributed by atoms with Gasteiger partial charge in [-0.3, -0.25) is 4.79 Å². The molecule has 0 saturated carbocycles. The Labute approximate surface area is 120 Å². The van der Waals surface area contributed by atoms with Crippen LogP contribution in [0.1, 0.15) is 39.6 Å². The third-order valence-electron chi connectivity index (χ3n) is 3.44. The van der Waals surface area contributed by atoms with Crippen molar-refractivity contribution in [2.75, 3.05) is 6.54 Å². The molecule has 108 valence electrons. The van der Waals surface area contributed by atoms with Gasteiger partial charge in [-0.15, -0.1) is 0 Å². The van der Waals surface area contributed by atoms with E-state index in [2.05, 4.69) is 31.1 Å². The van der Waals surface area contributed by atoms with Gasteiger partial charge in [-0.05, 0) is 25.0 Å². The van der Waals surface area contributed by atoms with Crippen LogP contribution in [0.2, 0.25) is 0 Å². The summed E-state index contributed by atoms with van der Waals surface area (Å²) < 4.78 is 2.05. The van der Waals surface area contributed by atoms with Crippen LogP contribution in [0.3, 0.4) is 0 Å². The fourth-order valence-electron chi connectivity index (χ4n) is 2.35. The van der Waals surface area contributed by atoms with Crippen molar-refractivity contribution in [3.05, 3.63) is 30.1 Å². The highest BCUT2D eigenvalue weighted by Crippen LogP contribution is 2.21. The summed E-state index contributed by atoms with van der Waals surface area (Å²) in [6, 6.07) is 7.73. The molecule has 0 spiro atoms. The Balaban J connectivity index is 2.33. The number of nitrogens with zero attached hydrogens (tertiary/aromatic N) is 2. The number of carbonyl (C=O) groups is 1. The fraction of sp³-hybridized carbons (Fsp3) is 0.500. The largest absolute Gasteiger partial charge is 0.354 e. The van der Waals surface area contributed by atoms with Crippen LogP contribution in [0.25, 0.3) is 11.0 Å². The van der Waals surface area contributed by atoms with Crippen molar-refractivity contribution in [3.8, 4) is 0 Å². The summed E-state index contributed by atoms with van der Waals surface area (Å²) in [7, 11) is 0. The van der Waals surface area contributed by atoms with Gasteiger partial charge in [0.1, 0.15) is 11.9 Å². The van der Waals surface area contributed by atoms with Crippen LogP contribution in [0, 0.1) is 5.92 Å². The molecule has 2 aromatic rings. The summed E-state index contributed by atoms with van der Waals surface area (Å²) in [5.74, 6) is 1.46. The van der Waals surface area contributed by atoms with Gasteiger partial charge < -0.3 is 9.88 Å². The summed E-state index contributed by atoms with van der Waals surface area (Å²) in [5, 5.41) is 3.00. The third kappa shape index (κ3) is 2.84. The number of nitrogens with one attached hydrogen (secondary N) is 1. The molecule has 4 heteroatoms. The fourth-order valence-corrected chi connectivity index (χ4v) is 2.35. The predicted molar refractivity (Wildman–Crippen MR) is 81.7 cm³/mol. The number of aryl methyl sites for hydroxylation is 1. The molecule has 0 aliphatic carbocycles. The van der Waals surface area contributed by atoms with Gasteiger partial charge in [0.05, 0.1) is 11.0 Å². The number of fused-ring (bicyclic) bond motifs is 1. The van der Waals surface area contributed by atoms with Crippen LogP contribution < -0.4 is 5.32 Å². The number of aromatic nitrogens is 2. The molecule has 0 radical (unpaired) electrons. The van der Waals surface area contributed by atoms with E-state index in [9.17, 15) is 4.79 Å². The van der Waals surface area contributed by atoms with Crippen LogP contribution in [-0.2, 0) is 11.2 Å². The smallest absolute Gasteiger partial charge is 0.242 e. The standard InChI is InChI=1S/C16H23N3O/c1-5-15-18-13-8-6-7-9-14(13)19(15)12(4)16(20)17-10-11(2)3/h6-9,11-12H,5,10H2,1-4H3,(H,17,20). The average molecular weight is 273 g/mol. The molecule has 0 fully saturated rings. The molecule has 20 heavy (non-hydrogen) atoms. The van der Waals surface area contributed by atoms with Gasteiger partial charge in [0, 0.05) is 13.0 Å². The molecule has 1 N–H and O–H groups in total. The average Bonchev–Trinajstić information content (AvgIpc) is 2.82. The molecule has 4 nitrogen and oxygen atoms in total. The van der Waals surface area contributed by atoms with Crippen LogP contribution in [0.4, 0.5) is 0 Å². The summed E-state index contributed by atoms with van der Waals surface area (Å²) in [5.41, 5.74) is 1.98. The highest BCUT2D eigenvalue weighted by molar-refractivity contribution is 5.84. The molecule has 1 atom stereocenters. The predicted octanol–water partition coefficient (Wildman–Crippen LogP) is 2.93. The first kappa shape index (κ1) is 14.6. The Bertz CT molecular complexity index is 601. The number of para-hydroxylation sites is 2. The molecular weight excluding hydrogens is 250 g/mol. The van der Waals surface area contributed by atoms with E-state index in [4.69, 9.17) is 0 Å². The van der Waals surface area contributed by atoms with Gasteiger partial charge in [0.15, 0.2) is 0 Å². The van der Waals surface area contributed by atoms with Gasteiger partial charge >= 0.3 is 0 Å². The molecule has 1 aromatic carbocycles. The Morgan fingerprint density at radius 2 is 2.00 bits per heavy atom. The van der Waals surface area contributed by atoms with Crippen LogP contribution >= 0.6 is 0 Å². The minimum absolute atomic E-state index is 0.0524. The molecular formula is C16H23N3O. The number of rotatable bonds is 5. The number of carbonyl (C=O) groups excluding carboxylic acids is 1. The zero-order valence-corrected chi connectivity index (χ0v) is 12.7. The lowest BCUT2D eigenvalue weighted by Crippen LogP contribution is -2.34. The molecule has 2 rings (SSSR count). The lowest BCUT2D eigenvalue weighted by Gasteiger charge is -2.18. The summed E-state index contributed by atoms with van der Waals surface area (Å²) in [6.45, 7) is 8.89. The number of benzene rings is 1. The topological polar surface area (TPSA) is 46.9 Å². The molecule has 1 heterocycles. The van der Waals surface area contributed by atoms with Gasteiger partial charge in [-0.1, -0.05) is 32.9 Å². The van der Waals surface area contributed by atoms with Crippen molar-refractivity contribution in [2.24, 2.45) is 5.92 Å². The van der Waals surface area contributed by atoms with Gasteiger partial charge in [-0.25, -0.2) is 4.98 Å². The highest BCUT2D eigenvalue weighted by atomic mass is 16.2. The van der Waals surface area contributed by atoms with E-state index < -0.39 is 0 Å². The molecule has 0 bridgehead atoms. The zero-order valence-electron chi connectivity index (χ0n) is 12.7. The molecule has 0 aliphatic heterocycles. The van der Waals surface area contributed by atoms with E-state index in [1.807, 2.05) is 35.8 Å². The monoisotopic (exact) mass is 273 g/mol. The summed E-state index contributed by atoms with van der Waals surface area (Å²) >= 11 is 0. The van der Waals surface area contributed by atoms with Crippen LogP contribution in [0.15, 0.2) is 24.3 Å². The second-order valence-corrected chi connectivity index (χ2v) is 5.56. The normalized spacial score (nSPS) is 12.8. The van der Waals surface area contributed by atoms with Crippen molar-refractivity contribution in [3.63, 3.8) is 0 Å². The second kappa shape index (κ2) is 6.07. The molecule has 1 unspecified atom stereocenters. The van der Waals surface area contributed by atoms with Crippen LogP contribution in [0.5, 0.6) is 0 Å². The van der Waals surface area contributed by atoms with E-state index in [1.54, 1.807) is 0 Å². The molecule has 0 aliphatic rings. The maximum absolute atomic E-state index is 12.3. The van der Waals surface area contributed by atoms with Crippen molar-refractivity contribution in [1.29, 1.82) is 0 Å². The molecule has 1 aromatic heterocycles. The maximum Gasteiger partial charge on any atom is 0.242 e. The number of amides is 1. The van der Waals surface area contributed by atoms with Crippen molar-refractivity contribution in [1.82, 2.24) is 14.9 Å². The van der Waals surface area contributed by atoms with Crippen molar-refractivity contribution < 1.29 is 4.79 Å². The third-order valence-corrected chi connectivity index (χ3v) is 3.44. The van der Waals surface area contributed by atoms with E-state index in [0.717, 1.165) is 23.3 Å². The SMILES string of the molecule is CCc1nc2ccccc2n1C(C)C(=O)NCC(C)C. The van der Waals surface area contributed by atoms with Gasteiger partial charge in [0.25, 0.3) is 0 Å². The zero-order chi connectivity index (χ0) is 14.7. The summed E-state index contributed by atoms with van der Waals surface area (Å²) in [6.07, 6.45) is 0.816. The number of hydrogen-bond acceptors (Lipinski definition) is 2. The Morgan fingerprint density at radius 3 is 2.65 bits per heavy atom. The first-order valence-corrected chi connectivity index (χ1v) is 7.28. The second-order valence-electron chi connectivity index (χ2n) is 5.56. The van der Waals surface area contributed by atoms with Crippen LogP contribution in [-0.4, -0.2) is 22.0 Å². The molecule has 0 saturated heterocycles. The van der Waals surface area contributed by atoms with E-state index in [-0.39, 0.29) is 11.9 Å².